The minimum absolute atomic E-state index is 0.789. The van der Waals surface area contributed by atoms with E-state index < -0.39 is 0 Å². The average Bonchev–Trinajstić information content (AvgIpc) is 3.72. The first kappa shape index (κ1) is 27.7. The zero-order valence-corrected chi connectivity index (χ0v) is 26.8. The van der Waals surface area contributed by atoms with Crippen molar-refractivity contribution in [1.82, 2.24) is 4.57 Å². The summed E-state index contributed by atoms with van der Waals surface area (Å²) < 4.78 is 8.89. The molecular weight excluding hydrogens is 595 g/mol. The third kappa shape index (κ3) is 4.57. The molecule has 10 rings (SSSR count). The van der Waals surface area contributed by atoms with Crippen LogP contribution in [0.15, 0.2) is 180 Å². The van der Waals surface area contributed by atoms with Gasteiger partial charge in [-0.15, -0.1) is 0 Å². The second kappa shape index (κ2) is 11.1. The van der Waals surface area contributed by atoms with E-state index in [1.54, 1.807) is 0 Å². The van der Waals surface area contributed by atoms with Gasteiger partial charge in [-0.25, -0.2) is 0 Å². The van der Waals surface area contributed by atoms with E-state index >= 15 is 0 Å². The van der Waals surface area contributed by atoms with Gasteiger partial charge in [0.05, 0.1) is 11.0 Å². The van der Waals surface area contributed by atoms with Crippen LogP contribution in [0, 0.1) is 0 Å². The predicted molar refractivity (Wildman–Crippen MR) is 206 cm³/mol. The first-order valence-corrected chi connectivity index (χ1v) is 16.9. The lowest BCUT2D eigenvalue weighted by atomic mass is 9.94. The molecule has 2 heteroatoms. The van der Waals surface area contributed by atoms with Gasteiger partial charge in [-0.05, 0) is 87.1 Å². The van der Waals surface area contributed by atoms with Gasteiger partial charge in [-0.3, -0.25) is 0 Å². The van der Waals surface area contributed by atoms with Crippen LogP contribution in [0.2, 0.25) is 0 Å². The number of aromatic nitrogens is 1. The van der Waals surface area contributed by atoms with Crippen molar-refractivity contribution in [1.29, 1.82) is 0 Å². The fourth-order valence-corrected chi connectivity index (χ4v) is 7.74. The predicted octanol–water partition coefficient (Wildman–Crippen LogP) is 12.8. The van der Waals surface area contributed by atoms with Gasteiger partial charge in [0.25, 0.3) is 0 Å². The zero-order valence-electron chi connectivity index (χ0n) is 26.8. The lowest BCUT2D eigenvalue weighted by molar-refractivity contribution is 0.664. The summed E-state index contributed by atoms with van der Waals surface area (Å²) in [5.41, 5.74) is 12.8. The van der Waals surface area contributed by atoms with Gasteiger partial charge in [0.15, 0.2) is 0 Å². The quantitative estimate of drug-likeness (QED) is 0.186. The van der Waals surface area contributed by atoms with Gasteiger partial charge in [0.2, 0.25) is 0 Å². The number of rotatable bonds is 5. The number of nitrogens with zero attached hydrogens (tertiary/aromatic N) is 1. The molecule has 0 saturated heterocycles. The third-order valence-electron chi connectivity index (χ3n) is 9.98. The number of benzene rings is 8. The highest BCUT2D eigenvalue weighted by molar-refractivity contribution is 6.19. The molecule has 10 aromatic rings. The van der Waals surface area contributed by atoms with Crippen LogP contribution in [0.3, 0.4) is 0 Å². The lowest BCUT2D eigenvalue weighted by Crippen LogP contribution is -1.92. The maximum atomic E-state index is 6.53. The van der Waals surface area contributed by atoms with Gasteiger partial charge >= 0.3 is 0 Å². The average molecular weight is 626 g/mol. The smallest absolute Gasteiger partial charge is 0.139 e. The van der Waals surface area contributed by atoms with E-state index in [-0.39, 0.29) is 0 Å². The number of furan rings is 1. The van der Waals surface area contributed by atoms with Crippen molar-refractivity contribution in [3.63, 3.8) is 0 Å². The van der Waals surface area contributed by atoms with Crippen LogP contribution in [-0.2, 0) is 6.42 Å². The molecule has 0 spiro atoms. The number of hydrogen-bond acceptors (Lipinski definition) is 1. The van der Waals surface area contributed by atoms with Crippen LogP contribution in [0.25, 0.3) is 82.5 Å². The molecule has 0 amide bonds. The highest BCUT2D eigenvalue weighted by Gasteiger charge is 2.16. The maximum Gasteiger partial charge on any atom is 0.139 e. The Balaban J connectivity index is 1.04. The minimum Gasteiger partial charge on any atom is -0.456 e. The fourth-order valence-electron chi connectivity index (χ4n) is 7.74. The second-order valence-corrected chi connectivity index (χ2v) is 12.9. The molecular formula is C47H31NO. The van der Waals surface area contributed by atoms with Gasteiger partial charge in [-0.2, -0.15) is 0 Å². The topological polar surface area (TPSA) is 18.1 Å². The first-order valence-electron chi connectivity index (χ1n) is 16.9. The first-order chi connectivity index (χ1) is 24.3. The standard InChI is InChI=1S/C47H31NO/c1-2-17-38(18-3-1)48-43-22-8-6-20-40(43)42-30-35(24-25-44(42)48)34-16-11-15-33(28-34)32-14-10-12-31(26-32)27-37-29-36-13-4-5-19-39(36)46-41-21-7-9-23-45(41)49-47(37)46/h1-26,28-30H,27H2. The molecule has 0 saturated carbocycles. The number of fused-ring (bicyclic) bond motifs is 8. The van der Waals surface area contributed by atoms with Crippen molar-refractivity contribution < 1.29 is 4.42 Å². The molecule has 2 aromatic heterocycles. The molecule has 49 heavy (non-hydrogen) atoms. The van der Waals surface area contributed by atoms with Crippen molar-refractivity contribution in [3.05, 3.63) is 187 Å². The lowest BCUT2D eigenvalue weighted by Gasteiger charge is -2.11. The van der Waals surface area contributed by atoms with Gasteiger partial charge in [0, 0.05) is 39.2 Å². The van der Waals surface area contributed by atoms with Crippen molar-refractivity contribution in [3.8, 4) is 27.9 Å². The molecule has 0 unspecified atom stereocenters. The summed E-state index contributed by atoms with van der Waals surface area (Å²) in [6, 6.07) is 63.4. The molecule has 0 atom stereocenters. The summed E-state index contributed by atoms with van der Waals surface area (Å²) >= 11 is 0. The van der Waals surface area contributed by atoms with Crippen molar-refractivity contribution in [2.24, 2.45) is 0 Å². The van der Waals surface area contributed by atoms with Gasteiger partial charge < -0.3 is 8.98 Å². The number of hydrogen-bond donors (Lipinski definition) is 0. The highest BCUT2D eigenvalue weighted by atomic mass is 16.3. The van der Waals surface area contributed by atoms with E-state index in [1.165, 1.54) is 82.4 Å². The molecule has 2 nitrogen and oxygen atoms in total. The Morgan fingerprint density at radius 1 is 0.429 bits per heavy atom. The normalized spacial score (nSPS) is 11.8. The molecule has 8 aromatic carbocycles. The Kier molecular flexibility index (Phi) is 6.28. The summed E-state index contributed by atoms with van der Waals surface area (Å²) in [6.45, 7) is 0. The Morgan fingerprint density at radius 3 is 1.94 bits per heavy atom. The molecule has 0 fully saturated rings. The molecule has 0 aliphatic rings. The van der Waals surface area contributed by atoms with Gasteiger partial charge in [-0.1, -0.05) is 127 Å². The maximum absolute atomic E-state index is 6.53. The molecule has 0 aliphatic heterocycles. The SMILES string of the molecule is c1ccc(-n2c3ccccc3c3cc(-c4cccc(-c5cccc(Cc6cc7ccccc7c7c6oc6ccccc67)c5)c4)ccc32)cc1. The Morgan fingerprint density at radius 2 is 1.08 bits per heavy atom. The van der Waals surface area contributed by atoms with E-state index in [4.69, 9.17) is 4.42 Å². The summed E-state index contributed by atoms with van der Waals surface area (Å²) in [5.74, 6) is 0. The van der Waals surface area contributed by atoms with Crippen LogP contribution in [0.1, 0.15) is 11.1 Å². The molecule has 0 aliphatic carbocycles. The highest BCUT2D eigenvalue weighted by Crippen LogP contribution is 2.39. The van der Waals surface area contributed by atoms with Crippen LogP contribution < -0.4 is 0 Å². The van der Waals surface area contributed by atoms with E-state index in [1.807, 2.05) is 6.07 Å². The molecule has 0 radical (unpaired) electrons. The Labute approximate surface area is 284 Å². The van der Waals surface area contributed by atoms with Crippen LogP contribution in [-0.4, -0.2) is 4.57 Å². The summed E-state index contributed by atoms with van der Waals surface area (Å²) in [4.78, 5) is 0. The molecule has 0 N–H and O–H groups in total. The molecule has 2 heterocycles. The largest absolute Gasteiger partial charge is 0.456 e. The summed E-state index contributed by atoms with van der Waals surface area (Å²) in [6.07, 6.45) is 0.789. The summed E-state index contributed by atoms with van der Waals surface area (Å²) in [5, 5.41) is 7.38. The van der Waals surface area contributed by atoms with Crippen molar-refractivity contribution in [2.45, 2.75) is 6.42 Å². The molecule has 230 valence electrons. The zero-order chi connectivity index (χ0) is 32.3. The van der Waals surface area contributed by atoms with Crippen LogP contribution in [0.4, 0.5) is 0 Å². The second-order valence-electron chi connectivity index (χ2n) is 12.9. The Hall–Kier alpha value is -6.38. The van der Waals surface area contributed by atoms with E-state index in [0.717, 1.165) is 17.6 Å². The fraction of sp³-hybridized carbons (Fsp3) is 0.0213. The third-order valence-corrected chi connectivity index (χ3v) is 9.98. The minimum atomic E-state index is 0.789. The van der Waals surface area contributed by atoms with Crippen molar-refractivity contribution in [2.75, 3.05) is 0 Å². The van der Waals surface area contributed by atoms with E-state index in [9.17, 15) is 0 Å². The number of para-hydroxylation sites is 3. The summed E-state index contributed by atoms with van der Waals surface area (Å²) in [7, 11) is 0. The van der Waals surface area contributed by atoms with Crippen LogP contribution >= 0.6 is 0 Å². The van der Waals surface area contributed by atoms with Crippen LogP contribution in [0.5, 0.6) is 0 Å². The van der Waals surface area contributed by atoms with E-state index in [2.05, 4.69) is 174 Å². The monoisotopic (exact) mass is 625 g/mol. The Bertz CT molecular complexity index is 2850. The van der Waals surface area contributed by atoms with E-state index in [0.29, 0.717) is 0 Å². The molecule has 0 bridgehead atoms. The van der Waals surface area contributed by atoms with Crippen molar-refractivity contribution >= 4 is 54.5 Å². The van der Waals surface area contributed by atoms with Gasteiger partial charge in [0.1, 0.15) is 11.2 Å².